The van der Waals surface area contributed by atoms with Gasteiger partial charge in [-0.3, -0.25) is 0 Å². The van der Waals surface area contributed by atoms with Crippen LogP contribution in [0.25, 0.3) is 11.1 Å². The Morgan fingerprint density at radius 3 is 2.43 bits per heavy atom. The molecule has 6 nitrogen and oxygen atoms in total. The molecule has 0 saturated heterocycles. The highest BCUT2D eigenvalue weighted by molar-refractivity contribution is 5.93. The van der Waals surface area contributed by atoms with E-state index in [4.69, 9.17) is 14.6 Å². The smallest absolute Gasteiger partial charge is 0.338 e. The van der Waals surface area contributed by atoms with Gasteiger partial charge in [0.25, 0.3) is 0 Å². The predicted molar refractivity (Wildman–Crippen MR) is 116 cm³/mol. The Labute approximate surface area is 176 Å². The first-order valence-electron chi connectivity index (χ1n) is 9.98. The van der Waals surface area contributed by atoms with Crippen LogP contribution in [0.1, 0.15) is 31.1 Å². The van der Waals surface area contributed by atoms with Gasteiger partial charge in [-0.15, -0.1) is 0 Å². The standard InChI is InChI=1S/C24H25N3O3/c1-5-30-24(28)21-15(2)25-23-20(17-9-7-6-8-10-17)16(3)26-27(23)22(21)18-11-13-19(29-4)14-12-18/h6-14,22,25H,5H2,1-4H3/t22-/m0/s1. The number of ether oxygens (including phenoxy) is 2. The third-order valence-electron chi connectivity index (χ3n) is 5.30. The summed E-state index contributed by atoms with van der Waals surface area (Å²) in [6, 6.07) is 17.4. The number of methoxy groups -OCH3 is 1. The van der Waals surface area contributed by atoms with Crippen LogP contribution in [0, 0.1) is 6.92 Å². The summed E-state index contributed by atoms with van der Waals surface area (Å²) in [5.41, 5.74) is 5.24. The number of benzene rings is 2. The Morgan fingerprint density at radius 2 is 1.80 bits per heavy atom. The highest BCUT2D eigenvalue weighted by Crippen LogP contribution is 2.42. The number of anilines is 1. The number of nitrogens with one attached hydrogen (secondary N) is 1. The Hall–Kier alpha value is -3.54. The molecule has 2 aromatic carbocycles. The molecule has 30 heavy (non-hydrogen) atoms. The second-order valence-corrected chi connectivity index (χ2v) is 7.18. The lowest BCUT2D eigenvalue weighted by Crippen LogP contribution is -2.29. The minimum atomic E-state index is -0.401. The maximum absolute atomic E-state index is 12.9. The van der Waals surface area contributed by atoms with Gasteiger partial charge in [0, 0.05) is 11.3 Å². The number of allylic oxidation sites excluding steroid dienone is 1. The highest BCUT2D eigenvalue weighted by Gasteiger charge is 2.36. The quantitative estimate of drug-likeness (QED) is 0.625. The Kier molecular flexibility index (Phi) is 5.31. The number of aryl methyl sites for hydroxylation is 1. The number of carbonyl (C=O) groups excluding carboxylic acids is 1. The van der Waals surface area contributed by atoms with Crippen LogP contribution in [0.15, 0.2) is 65.9 Å². The topological polar surface area (TPSA) is 65.4 Å². The van der Waals surface area contributed by atoms with E-state index in [0.29, 0.717) is 12.2 Å². The first-order valence-corrected chi connectivity index (χ1v) is 9.98. The first-order chi connectivity index (χ1) is 14.5. The Balaban J connectivity index is 1.91. The second-order valence-electron chi connectivity index (χ2n) is 7.18. The average molecular weight is 403 g/mol. The van der Waals surface area contributed by atoms with Gasteiger partial charge < -0.3 is 14.8 Å². The fraction of sp³-hybridized carbons (Fsp3) is 0.250. The van der Waals surface area contributed by atoms with Crippen LogP contribution in [-0.2, 0) is 9.53 Å². The van der Waals surface area contributed by atoms with Crippen molar-refractivity contribution in [3.8, 4) is 16.9 Å². The minimum Gasteiger partial charge on any atom is -0.497 e. The molecular weight excluding hydrogens is 378 g/mol. The highest BCUT2D eigenvalue weighted by atomic mass is 16.5. The molecule has 0 unspecified atom stereocenters. The van der Waals surface area contributed by atoms with Gasteiger partial charge in [-0.2, -0.15) is 5.10 Å². The van der Waals surface area contributed by atoms with Crippen molar-refractivity contribution in [3.05, 3.63) is 77.1 Å². The van der Waals surface area contributed by atoms with E-state index in [1.807, 2.05) is 67.9 Å². The number of hydrogen-bond donors (Lipinski definition) is 1. The van der Waals surface area contributed by atoms with Crippen molar-refractivity contribution in [2.24, 2.45) is 0 Å². The predicted octanol–water partition coefficient (Wildman–Crippen LogP) is 4.72. The fourth-order valence-corrected chi connectivity index (χ4v) is 3.94. The van der Waals surface area contributed by atoms with Crippen LogP contribution in [0.2, 0.25) is 0 Å². The van der Waals surface area contributed by atoms with Crippen LogP contribution in [0.5, 0.6) is 5.75 Å². The van der Waals surface area contributed by atoms with E-state index in [2.05, 4.69) is 17.4 Å². The SMILES string of the molecule is CCOC(=O)C1=C(C)Nc2c(-c3ccccc3)c(C)nn2[C@H]1c1ccc(OC)cc1. The van der Waals surface area contributed by atoms with Gasteiger partial charge in [0.1, 0.15) is 17.6 Å². The van der Waals surface area contributed by atoms with E-state index in [9.17, 15) is 4.79 Å². The van der Waals surface area contributed by atoms with Crippen molar-refractivity contribution in [3.63, 3.8) is 0 Å². The van der Waals surface area contributed by atoms with Gasteiger partial charge in [0.15, 0.2) is 0 Å². The third-order valence-corrected chi connectivity index (χ3v) is 5.30. The van der Waals surface area contributed by atoms with Crippen molar-refractivity contribution in [2.75, 3.05) is 19.0 Å². The number of esters is 1. The molecule has 1 aliphatic heterocycles. The van der Waals surface area contributed by atoms with Crippen molar-refractivity contribution in [2.45, 2.75) is 26.8 Å². The third kappa shape index (κ3) is 3.34. The molecule has 154 valence electrons. The molecule has 1 atom stereocenters. The molecule has 0 saturated carbocycles. The number of hydrogen-bond acceptors (Lipinski definition) is 5. The summed E-state index contributed by atoms with van der Waals surface area (Å²) in [4.78, 5) is 12.9. The fourth-order valence-electron chi connectivity index (χ4n) is 3.94. The summed E-state index contributed by atoms with van der Waals surface area (Å²) in [5.74, 6) is 1.28. The Morgan fingerprint density at radius 1 is 1.10 bits per heavy atom. The summed E-state index contributed by atoms with van der Waals surface area (Å²) >= 11 is 0. The van der Waals surface area contributed by atoms with Crippen LogP contribution >= 0.6 is 0 Å². The number of nitrogens with zero attached hydrogens (tertiary/aromatic N) is 2. The number of fused-ring (bicyclic) bond motifs is 1. The summed E-state index contributed by atoms with van der Waals surface area (Å²) in [7, 11) is 1.63. The molecule has 0 amide bonds. The van der Waals surface area contributed by atoms with Gasteiger partial charge >= 0.3 is 5.97 Å². The molecule has 0 spiro atoms. The van der Waals surface area contributed by atoms with Crippen molar-refractivity contribution >= 4 is 11.8 Å². The number of aromatic nitrogens is 2. The average Bonchev–Trinajstić information content (AvgIpc) is 3.08. The zero-order valence-corrected chi connectivity index (χ0v) is 17.6. The lowest BCUT2D eigenvalue weighted by molar-refractivity contribution is -0.139. The molecule has 6 heteroatoms. The van der Waals surface area contributed by atoms with E-state index in [0.717, 1.165) is 39.6 Å². The molecule has 0 fully saturated rings. The maximum atomic E-state index is 12.9. The molecular formula is C24H25N3O3. The van der Waals surface area contributed by atoms with E-state index in [1.165, 1.54) is 0 Å². The molecule has 3 aromatic rings. The van der Waals surface area contributed by atoms with Crippen molar-refractivity contribution < 1.29 is 14.3 Å². The zero-order valence-electron chi connectivity index (χ0n) is 17.6. The van der Waals surface area contributed by atoms with Crippen LogP contribution in [-0.4, -0.2) is 29.5 Å². The molecule has 0 radical (unpaired) electrons. The van der Waals surface area contributed by atoms with E-state index >= 15 is 0 Å². The first kappa shape index (κ1) is 19.8. The summed E-state index contributed by atoms with van der Waals surface area (Å²) < 4.78 is 12.6. The lowest BCUT2D eigenvalue weighted by atomic mass is 9.94. The molecule has 1 N–H and O–H groups in total. The largest absolute Gasteiger partial charge is 0.497 e. The van der Waals surface area contributed by atoms with Gasteiger partial charge in [-0.25, -0.2) is 9.48 Å². The maximum Gasteiger partial charge on any atom is 0.338 e. The van der Waals surface area contributed by atoms with Crippen molar-refractivity contribution in [1.29, 1.82) is 0 Å². The van der Waals surface area contributed by atoms with E-state index in [1.54, 1.807) is 7.11 Å². The van der Waals surface area contributed by atoms with Crippen LogP contribution < -0.4 is 10.1 Å². The monoisotopic (exact) mass is 403 g/mol. The molecule has 0 aliphatic carbocycles. The molecule has 4 rings (SSSR count). The van der Waals surface area contributed by atoms with Gasteiger partial charge in [-0.1, -0.05) is 42.5 Å². The molecule has 0 bridgehead atoms. The van der Waals surface area contributed by atoms with Gasteiger partial charge in [0.2, 0.25) is 0 Å². The normalized spacial score (nSPS) is 15.4. The minimum absolute atomic E-state index is 0.311. The molecule has 1 aliphatic rings. The van der Waals surface area contributed by atoms with Gasteiger partial charge in [0.05, 0.1) is 25.0 Å². The van der Waals surface area contributed by atoms with E-state index in [-0.39, 0.29) is 5.97 Å². The summed E-state index contributed by atoms with van der Waals surface area (Å²) in [6.07, 6.45) is 0. The zero-order chi connectivity index (χ0) is 21.3. The van der Waals surface area contributed by atoms with Crippen LogP contribution in [0.4, 0.5) is 5.82 Å². The summed E-state index contributed by atoms with van der Waals surface area (Å²) in [6.45, 7) is 6.01. The summed E-state index contributed by atoms with van der Waals surface area (Å²) in [5, 5.41) is 8.25. The van der Waals surface area contributed by atoms with Crippen LogP contribution in [0.3, 0.4) is 0 Å². The second kappa shape index (κ2) is 8.06. The van der Waals surface area contributed by atoms with E-state index < -0.39 is 6.04 Å². The van der Waals surface area contributed by atoms with Gasteiger partial charge in [-0.05, 0) is 44.0 Å². The lowest BCUT2D eigenvalue weighted by Gasteiger charge is -2.30. The molecule has 1 aromatic heterocycles. The van der Waals surface area contributed by atoms with Crippen molar-refractivity contribution in [1.82, 2.24) is 9.78 Å². The molecule has 2 heterocycles. The number of rotatable bonds is 5. The number of carbonyl (C=O) groups is 1. The Bertz CT molecular complexity index is 1100.